The first-order valence-corrected chi connectivity index (χ1v) is 6.46. The predicted molar refractivity (Wildman–Crippen MR) is 62.1 cm³/mol. The summed E-state index contributed by atoms with van der Waals surface area (Å²) in [6.07, 6.45) is 3.80. The molecule has 0 spiro atoms. The Labute approximate surface area is 94.7 Å². The third-order valence-corrected chi connectivity index (χ3v) is 3.81. The molecule has 0 aromatic carbocycles. The van der Waals surface area contributed by atoms with Crippen LogP contribution in [0, 0.1) is 0 Å². The van der Waals surface area contributed by atoms with E-state index in [1.54, 1.807) is 11.3 Å². The van der Waals surface area contributed by atoms with Gasteiger partial charge in [0, 0.05) is 24.4 Å². The van der Waals surface area contributed by atoms with Crippen LogP contribution in [0.15, 0.2) is 5.38 Å². The molecule has 0 radical (unpaired) electrons. The van der Waals surface area contributed by atoms with Crippen LogP contribution in [0.4, 0.5) is 0 Å². The van der Waals surface area contributed by atoms with Crippen molar-refractivity contribution in [1.29, 1.82) is 0 Å². The summed E-state index contributed by atoms with van der Waals surface area (Å²) in [6, 6.07) is 0. The van der Waals surface area contributed by atoms with Crippen LogP contribution in [-0.2, 0) is 4.74 Å². The molecule has 1 aliphatic rings. The molecule has 1 saturated heterocycles. The van der Waals surface area contributed by atoms with Crippen LogP contribution in [0.5, 0.6) is 0 Å². The Hall–Kier alpha value is -0.450. The lowest BCUT2D eigenvalue weighted by Crippen LogP contribution is -2.12. The van der Waals surface area contributed by atoms with Crippen LogP contribution >= 0.6 is 11.3 Å². The minimum atomic E-state index is 0.238. The molecule has 4 heteroatoms. The summed E-state index contributed by atoms with van der Waals surface area (Å²) in [4.78, 5) is 4.62. The first kappa shape index (κ1) is 11.0. The van der Waals surface area contributed by atoms with Crippen LogP contribution in [0.1, 0.15) is 48.9 Å². The Morgan fingerprint density at radius 3 is 3.20 bits per heavy atom. The van der Waals surface area contributed by atoms with Gasteiger partial charge in [-0.05, 0) is 19.3 Å². The van der Waals surface area contributed by atoms with E-state index in [1.165, 1.54) is 12.8 Å². The van der Waals surface area contributed by atoms with Gasteiger partial charge in [-0.25, -0.2) is 4.98 Å². The molecule has 1 aromatic rings. The van der Waals surface area contributed by atoms with Crippen molar-refractivity contribution in [2.24, 2.45) is 5.73 Å². The van der Waals surface area contributed by atoms with Crippen molar-refractivity contribution in [3.8, 4) is 0 Å². The van der Waals surface area contributed by atoms with E-state index >= 15 is 0 Å². The fourth-order valence-corrected chi connectivity index (χ4v) is 2.75. The van der Waals surface area contributed by atoms with E-state index in [-0.39, 0.29) is 6.10 Å². The highest BCUT2D eigenvalue weighted by Gasteiger charge is 2.20. The third kappa shape index (κ3) is 2.56. The largest absolute Gasteiger partial charge is 0.371 e. The molecule has 2 unspecified atom stereocenters. The first-order chi connectivity index (χ1) is 7.31. The Morgan fingerprint density at radius 1 is 1.67 bits per heavy atom. The number of aromatic nitrogens is 1. The molecule has 1 fully saturated rings. The van der Waals surface area contributed by atoms with E-state index in [0.717, 1.165) is 23.7 Å². The summed E-state index contributed by atoms with van der Waals surface area (Å²) >= 11 is 1.71. The normalized spacial score (nSPS) is 24.0. The van der Waals surface area contributed by atoms with Gasteiger partial charge in [0.05, 0.1) is 5.69 Å². The molecule has 0 saturated carbocycles. The highest BCUT2D eigenvalue weighted by Crippen LogP contribution is 2.31. The van der Waals surface area contributed by atoms with E-state index in [1.807, 2.05) is 0 Å². The number of hydrogen-bond donors (Lipinski definition) is 1. The molecule has 2 heterocycles. The van der Waals surface area contributed by atoms with Crippen molar-refractivity contribution in [3.05, 3.63) is 16.1 Å². The molecule has 15 heavy (non-hydrogen) atoms. The summed E-state index contributed by atoms with van der Waals surface area (Å²) < 4.78 is 5.71. The van der Waals surface area contributed by atoms with Gasteiger partial charge < -0.3 is 10.5 Å². The van der Waals surface area contributed by atoms with Gasteiger partial charge >= 0.3 is 0 Å². The Kier molecular flexibility index (Phi) is 3.72. The SMILES string of the molecule is CC(CN)c1csc(C2CCCCO2)n1. The monoisotopic (exact) mass is 226 g/mol. The minimum absolute atomic E-state index is 0.238. The molecular formula is C11H18N2OS. The lowest BCUT2D eigenvalue weighted by atomic mass is 10.1. The van der Waals surface area contributed by atoms with Crippen LogP contribution in [0.3, 0.4) is 0 Å². The number of thiazole rings is 1. The van der Waals surface area contributed by atoms with Gasteiger partial charge in [0.1, 0.15) is 11.1 Å². The van der Waals surface area contributed by atoms with Gasteiger partial charge in [0.25, 0.3) is 0 Å². The molecule has 3 nitrogen and oxygen atoms in total. The average molecular weight is 226 g/mol. The second-order valence-corrected chi connectivity index (χ2v) is 4.99. The first-order valence-electron chi connectivity index (χ1n) is 5.58. The zero-order valence-electron chi connectivity index (χ0n) is 9.11. The van der Waals surface area contributed by atoms with Gasteiger partial charge in [0.2, 0.25) is 0 Å². The molecule has 1 aliphatic heterocycles. The average Bonchev–Trinajstić information content (AvgIpc) is 2.78. The second kappa shape index (κ2) is 5.05. The van der Waals surface area contributed by atoms with Crippen molar-refractivity contribution >= 4 is 11.3 Å². The maximum atomic E-state index is 5.71. The topological polar surface area (TPSA) is 48.1 Å². The van der Waals surface area contributed by atoms with E-state index in [4.69, 9.17) is 10.5 Å². The van der Waals surface area contributed by atoms with E-state index in [0.29, 0.717) is 12.5 Å². The molecule has 0 aliphatic carbocycles. The zero-order valence-corrected chi connectivity index (χ0v) is 9.93. The van der Waals surface area contributed by atoms with Crippen LogP contribution in [0.25, 0.3) is 0 Å². The number of hydrogen-bond acceptors (Lipinski definition) is 4. The van der Waals surface area contributed by atoms with Crippen molar-refractivity contribution in [2.45, 2.75) is 38.2 Å². The summed E-state index contributed by atoms with van der Waals surface area (Å²) in [5.74, 6) is 0.360. The molecule has 2 N–H and O–H groups in total. The lowest BCUT2D eigenvalue weighted by molar-refractivity contribution is 0.0147. The lowest BCUT2D eigenvalue weighted by Gasteiger charge is -2.20. The van der Waals surface area contributed by atoms with Crippen molar-refractivity contribution in [1.82, 2.24) is 4.98 Å². The summed E-state index contributed by atoms with van der Waals surface area (Å²) in [5.41, 5.74) is 6.74. The van der Waals surface area contributed by atoms with E-state index in [9.17, 15) is 0 Å². The molecule has 84 valence electrons. The smallest absolute Gasteiger partial charge is 0.122 e. The summed E-state index contributed by atoms with van der Waals surface area (Å²) in [6.45, 7) is 3.65. The van der Waals surface area contributed by atoms with Gasteiger partial charge in [-0.15, -0.1) is 11.3 Å². The quantitative estimate of drug-likeness (QED) is 0.861. The Morgan fingerprint density at radius 2 is 2.53 bits per heavy atom. The predicted octanol–water partition coefficient (Wildman–Crippen LogP) is 2.45. The van der Waals surface area contributed by atoms with Crippen molar-refractivity contribution in [3.63, 3.8) is 0 Å². The fourth-order valence-electron chi connectivity index (χ4n) is 1.73. The highest BCUT2D eigenvalue weighted by molar-refractivity contribution is 7.09. The highest BCUT2D eigenvalue weighted by atomic mass is 32.1. The molecule has 0 amide bonds. The van der Waals surface area contributed by atoms with Crippen LogP contribution in [0.2, 0.25) is 0 Å². The van der Waals surface area contributed by atoms with Crippen LogP contribution < -0.4 is 5.73 Å². The summed E-state index contributed by atoms with van der Waals surface area (Å²) in [5, 5.41) is 3.25. The maximum Gasteiger partial charge on any atom is 0.122 e. The number of ether oxygens (including phenoxy) is 1. The zero-order chi connectivity index (χ0) is 10.7. The molecular weight excluding hydrogens is 208 g/mol. The van der Waals surface area contributed by atoms with E-state index < -0.39 is 0 Å². The summed E-state index contributed by atoms with van der Waals surface area (Å²) in [7, 11) is 0. The van der Waals surface area contributed by atoms with E-state index in [2.05, 4.69) is 17.3 Å². The molecule has 0 bridgehead atoms. The van der Waals surface area contributed by atoms with Crippen LogP contribution in [-0.4, -0.2) is 18.1 Å². The molecule has 2 rings (SSSR count). The number of rotatable bonds is 3. The van der Waals surface area contributed by atoms with Crippen molar-refractivity contribution in [2.75, 3.05) is 13.2 Å². The Balaban J connectivity index is 2.05. The number of nitrogens with two attached hydrogens (primary N) is 1. The second-order valence-electron chi connectivity index (χ2n) is 4.10. The standard InChI is InChI=1S/C11H18N2OS/c1-8(6-12)9-7-15-11(13-9)10-4-2-3-5-14-10/h7-8,10H,2-6,12H2,1H3. The van der Waals surface area contributed by atoms with Gasteiger partial charge in [-0.3, -0.25) is 0 Å². The third-order valence-electron chi connectivity index (χ3n) is 2.85. The minimum Gasteiger partial charge on any atom is -0.371 e. The Bertz CT molecular complexity index is 307. The fraction of sp³-hybridized carbons (Fsp3) is 0.727. The van der Waals surface area contributed by atoms with Gasteiger partial charge in [-0.1, -0.05) is 6.92 Å². The number of nitrogens with zero attached hydrogens (tertiary/aromatic N) is 1. The van der Waals surface area contributed by atoms with Gasteiger partial charge in [-0.2, -0.15) is 0 Å². The van der Waals surface area contributed by atoms with Gasteiger partial charge in [0.15, 0.2) is 0 Å². The molecule has 1 aromatic heterocycles. The van der Waals surface area contributed by atoms with Crippen molar-refractivity contribution < 1.29 is 4.74 Å². The maximum absolute atomic E-state index is 5.71. The molecule has 2 atom stereocenters.